The first kappa shape index (κ1) is 16.6. The van der Waals surface area contributed by atoms with Gasteiger partial charge in [0, 0.05) is 12.5 Å². The summed E-state index contributed by atoms with van der Waals surface area (Å²) in [4.78, 5) is 29.0. The van der Waals surface area contributed by atoms with Gasteiger partial charge in [-0.2, -0.15) is 5.10 Å². The van der Waals surface area contributed by atoms with Crippen LogP contribution in [0.25, 0.3) is 15.9 Å². The zero-order valence-corrected chi connectivity index (χ0v) is 14.5. The Hall–Kier alpha value is -2.26. The number of hydrogen-bond acceptors (Lipinski definition) is 6. The Morgan fingerprint density at radius 2 is 2.17 bits per heavy atom. The van der Waals surface area contributed by atoms with Crippen molar-refractivity contribution in [2.24, 2.45) is 0 Å². The van der Waals surface area contributed by atoms with Gasteiger partial charge in [-0.3, -0.25) is 14.0 Å². The van der Waals surface area contributed by atoms with Gasteiger partial charge in [-0.25, -0.2) is 9.67 Å². The number of rotatable bonds is 5. The van der Waals surface area contributed by atoms with E-state index in [9.17, 15) is 14.7 Å². The molecule has 9 heteroatoms. The molecule has 1 amide bonds. The molecule has 0 saturated heterocycles. The van der Waals surface area contributed by atoms with Gasteiger partial charge in [-0.15, -0.1) is 11.3 Å². The van der Waals surface area contributed by atoms with Crippen molar-refractivity contribution < 1.29 is 9.90 Å². The van der Waals surface area contributed by atoms with E-state index >= 15 is 0 Å². The highest BCUT2D eigenvalue weighted by Gasteiger charge is 2.19. The molecule has 3 heterocycles. The van der Waals surface area contributed by atoms with E-state index in [2.05, 4.69) is 15.4 Å². The van der Waals surface area contributed by atoms with E-state index in [0.29, 0.717) is 17.0 Å². The molecule has 0 aromatic carbocycles. The molecule has 0 aliphatic carbocycles. The molecule has 3 aromatic heterocycles. The van der Waals surface area contributed by atoms with Gasteiger partial charge in [-0.05, 0) is 13.0 Å². The minimum absolute atomic E-state index is 0.0529. The number of hydrogen-bond donors (Lipinski definition) is 2. The van der Waals surface area contributed by atoms with E-state index in [0.717, 1.165) is 4.70 Å². The normalized spacial score (nSPS) is 13.0. The van der Waals surface area contributed by atoms with Crippen LogP contribution in [0.4, 0.5) is 0 Å². The monoisotopic (exact) mass is 349 g/mol. The Labute approximate surface area is 141 Å². The number of aliphatic hydroxyl groups excluding tert-OH is 1. The van der Waals surface area contributed by atoms with Gasteiger partial charge < -0.3 is 10.4 Å². The van der Waals surface area contributed by atoms with Crippen LogP contribution in [-0.2, 0) is 11.3 Å². The first-order chi connectivity index (χ1) is 11.4. The predicted octanol–water partition coefficient (Wildman–Crippen LogP) is 0.726. The molecule has 2 N–H and O–H groups in total. The SMILES string of the molecule is CC(O)CNC(=O)Cn1nc(C(C)C)n2c(cc3scnc32)c1=O. The molecule has 0 aliphatic rings. The van der Waals surface area contributed by atoms with Gasteiger partial charge in [-0.1, -0.05) is 13.8 Å². The summed E-state index contributed by atoms with van der Waals surface area (Å²) < 4.78 is 3.85. The van der Waals surface area contributed by atoms with Crippen LogP contribution in [0.3, 0.4) is 0 Å². The molecule has 128 valence electrons. The Balaban J connectivity index is 2.07. The minimum Gasteiger partial charge on any atom is -0.392 e. The van der Waals surface area contributed by atoms with Crippen LogP contribution in [0.5, 0.6) is 0 Å². The van der Waals surface area contributed by atoms with Gasteiger partial charge in [0.1, 0.15) is 17.9 Å². The number of nitrogens with one attached hydrogen (secondary N) is 1. The fourth-order valence-corrected chi connectivity index (χ4v) is 3.18. The van der Waals surface area contributed by atoms with Crippen LogP contribution in [0.1, 0.15) is 32.5 Å². The van der Waals surface area contributed by atoms with Gasteiger partial charge in [0.25, 0.3) is 5.56 Å². The molecule has 0 fully saturated rings. The van der Waals surface area contributed by atoms with E-state index in [1.54, 1.807) is 22.9 Å². The lowest BCUT2D eigenvalue weighted by Crippen LogP contribution is -2.37. The summed E-state index contributed by atoms with van der Waals surface area (Å²) in [6.07, 6.45) is -0.643. The lowest BCUT2D eigenvalue weighted by atomic mass is 10.2. The van der Waals surface area contributed by atoms with Gasteiger partial charge in [0.15, 0.2) is 5.65 Å². The van der Waals surface area contributed by atoms with Crippen molar-refractivity contribution in [1.29, 1.82) is 0 Å². The van der Waals surface area contributed by atoms with E-state index in [-0.39, 0.29) is 30.5 Å². The molecule has 0 aliphatic heterocycles. The number of carbonyl (C=O) groups excluding carboxylic acids is 1. The van der Waals surface area contributed by atoms with Crippen molar-refractivity contribution in [1.82, 2.24) is 24.5 Å². The first-order valence-corrected chi connectivity index (χ1v) is 8.57. The fourth-order valence-electron chi connectivity index (χ4n) is 2.49. The van der Waals surface area contributed by atoms with Crippen molar-refractivity contribution in [3.63, 3.8) is 0 Å². The molecule has 0 saturated carbocycles. The molecule has 3 aromatic rings. The molecular formula is C15H19N5O3S. The van der Waals surface area contributed by atoms with E-state index < -0.39 is 6.10 Å². The number of aromatic nitrogens is 4. The quantitative estimate of drug-likeness (QED) is 0.707. The zero-order valence-electron chi connectivity index (χ0n) is 13.7. The molecule has 1 atom stereocenters. The van der Waals surface area contributed by atoms with Gasteiger partial charge in [0.05, 0.1) is 16.3 Å². The average Bonchev–Trinajstić information content (AvgIpc) is 3.09. The van der Waals surface area contributed by atoms with Crippen molar-refractivity contribution >= 4 is 33.1 Å². The summed E-state index contributed by atoms with van der Waals surface area (Å²) in [5, 5.41) is 16.2. The van der Waals surface area contributed by atoms with Crippen molar-refractivity contribution in [3.8, 4) is 0 Å². The molecule has 0 spiro atoms. The van der Waals surface area contributed by atoms with Crippen molar-refractivity contribution in [2.75, 3.05) is 6.54 Å². The number of amides is 1. The second-order valence-electron chi connectivity index (χ2n) is 6.03. The Kier molecular flexibility index (Phi) is 4.37. The number of carbonyl (C=O) groups is 1. The standard InChI is InChI=1S/C15H19N5O3S/c1-8(2)13-18-19(6-12(22)16-5-9(3)21)15(23)10-4-11-14(20(10)13)17-7-24-11/h4,7-9,21H,5-6H2,1-3H3,(H,16,22). The fraction of sp³-hybridized carbons (Fsp3) is 0.467. The lowest BCUT2D eigenvalue weighted by molar-refractivity contribution is -0.122. The van der Waals surface area contributed by atoms with Crippen molar-refractivity contribution in [3.05, 3.63) is 27.8 Å². The van der Waals surface area contributed by atoms with Crippen LogP contribution in [0.15, 0.2) is 16.4 Å². The highest BCUT2D eigenvalue weighted by molar-refractivity contribution is 7.16. The maximum atomic E-state index is 12.7. The summed E-state index contributed by atoms with van der Waals surface area (Å²) >= 11 is 1.46. The first-order valence-electron chi connectivity index (χ1n) is 7.69. The summed E-state index contributed by atoms with van der Waals surface area (Å²) in [5.74, 6) is 0.363. The lowest BCUT2D eigenvalue weighted by Gasteiger charge is -2.13. The highest BCUT2D eigenvalue weighted by Crippen LogP contribution is 2.24. The number of nitrogens with zero attached hydrogens (tertiary/aromatic N) is 4. The Morgan fingerprint density at radius 3 is 2.83 bits per heavy atom. The Morgan fingerprint density at radius 1 is 1.42 bits per heavy atom. The van der Waals surface area contributed by atoms with Crippen LogP contribution < -0.4 is 10.9 Å². The summed E-state index contributed by atoms with van der Waals surface area (Å²) in [7, 11) is 0. The molecule has 1 unspecified atom stereocenters. The third-order valence-corrected chi connectivity index (χ3v) is 4.37. The molecule has 0 radical (unpaired) electrons. The minimum atomic E-state index is -0.643. The smallest absolute Gasteiger partial charge is 0.291 e. The molecular weight excluding hydrogens is 330 g/mol. The zero-order chi connectivity index (χ0) is 17.4. The summed E-state index contributed by atoms with van der Waals surface area (Å²) in [6, 6.07) is 1.78. The van der Waals surface area contributed by atoms with Gasteiger partial charge in [0.2, 0.25) is 5.91 Å². The second kappa shape index (κ2) is 6.33. The van der Waals surface area contributed by atoms with Crippen LogP contribution in [0, 0.1) is 0 Å². The maximum absolute atomic E-state index is 12.7. The Bertz CT molecular complexity index is 953. The van der Waals surface area contributed by atoms with Crippen LogP contribution in [-0.4, -0.2) is 42.8 Å². The number of fused-ring (bicyclic) bond motifs is 3. The molecule has 24 heavy (non-hydrogen) atoms. The van der Waals surface area contributed by atoms with Crippen LogP contribution in [0.2, 0.25) is 0 Å². The molecule has 8 nitrogen and oxygen atoms in total. The largest absolute Gasteiger partial charge is 0.392 e. The second-order valence-corrected chi connectivity index (χ2v) is 6.92. The maximum Gasteiger partial charge on any atom is 0.291 e. The third-order valence-electron chi connectivity index (χ3n) is 3.61. The summed E-state index contributed by atoms with van der Waals surface area (Å²) in [6.45, 7) is 5.48. The topological polar surface area (TPSA) is 102 Å². The predicted molar refractivity (Wildman–Crippen MR) is 91.4 cm³/mol. The van der Waals surface area contributed by atoms with Crippen molar-refractivity contribution in [2.45, 2.75) is 39.3 Å². The summed E-state index contributed by atoms with van der Waals surface area (Å²) in [5.41, 5.74) is 2.58. The van der Waals surface area contributed by atoms with E-state index in [1.807, 2.05) is 13.8 Å². The van der Waals surface area contributed by atoms with Gasteiger partial charge >= 0.3 is 0 Å². The van der Waals surface area contributed by atoms with E-state index in [1.165, 1.54) is 16.0 Å². The molecule has 3 rings (SSSR count). The number of aliphatic hydroxyl groups is 1. The molecule has 0 bridgehead atoms. The highest BCUT2D eigenvalue weighted by atomic mass is 32.1. The third kappa shape index (κ3) is 2.92. The average molecular weight is 349 g/mol. The van der Waals surface area contributed by atoms with Crippen LogP contribution >= 0.6 is 11.3 Å². The number of thiazole rings is 1. The van der Waals surface area contributed by atoms with E-state index in [4.69, 9.17) is 0 Å².